The molecule has 3 amide bonds. The largest absolute Gasteiger partial charge is 1.00 e. The zero-order valence-electron chi connectivity index (χ0n) is 63.3. The number of aryl methyl sites for hydroxylation is 1. The van der Waals surface area contributed by atoms with Gasteiger partial charge in [0.15, 0.2) is 31.3 Å². The van der Waals surface area contributed by atoms with Crippen LogP contribution in [0, 0.1) is 0 Å². The number of thiazole rings is 1. The van der Waals surface area contributed by atoms with Crippen molar-refractivity contribution in [1.82, 2.24) is 19.7 Å². The molecule has 17 rings (SSSR count). The van der Waals surface area contributed by atoms with E-state index >= 15 is 0 Å². The van der Waals surface area contributed by atoms with Gasteiger partial charge in [-0.05, 0) is 183 Å². The minimum Gasteiger partial charge on any atom is -1.00 e. The number of rotatable bonds is 22. The maximum atomic E-state index is 14.6. The van der Waals surface area contributed by atoms with Crippen molar-refractivity contribution in [2.75, 3.05) is 23.4 Å². The van der Waals surface area contributed by atoms with Gasteiger partial charge in [0.1, 0.15) is 37.5 Å². The van der Waals surface area contributed by atoms with Crippen molar-refractivity contribution in [3.63, 3.8) is 0 Å². The van der Waals surface area contributed by atoms with E-state index in [0.717, 1.165) is 89.3 Å². The molecule has 11 aromatic rings. The minimum atomic E-state index is -0.548. The van der Waals surface area contributed by atoms with E-state index in [1.807, 2.05) is 55.0 Å². The summed E-state index contributed by atoms with van der Waals surface area (Å²) in [7, 11) is 1.63. The fraction of sp³-hybridized carbons (Fsp3) is 0.204. The summed E-state index contributed by atoms with van der Waals surface area (Å²) in [6.45, 7) is 5.03. The number of nitrogens with zero attached hydrogens (tertiary/aromatic N) is 7. The molecule has 6 aliphatic rings. The third-order valence-corrected chi connectivity index (χ3v) is 26.7. The van der Waals surface area contributed by atoms with Crippen LogP contribution in [0.25, 0.3) is 51.5 Å². The maximum Gasteiger partial charge on any atom is 0.298 e. The number of halogens is 2. The molecule has 114 heavy (non-hydrogen) atoms. The molecule has 4 aliphatic heterocycles. The van der Waals surface area contributed by atoms with Gasteiger partial charge in [-0.2, -0.15) is 0 Å². The monoisotopic (exact) mass is 1720 g/mol. The Morgan fingerprint density at radius 1 is 0.561 bits per heavy atom. The number of hydrogen-bond donors (Lipinski definition) is 1. The summed E-state index contributed by atoms with van der Waals surface area (Å²) in [6.07, 6.45) is 23.5. The summed E-state index contributed by atoms with van der Waals surface area (Å²) in [5.74, 6) is -0.0152. The van der Waals surface area contributed by atoms with Crippen molar-refractivity contribution in [2.24, 2.45) is 0 Å². The molecule has 13 nitrogen and oxygen atoms in total. The molecule has 21 heteroatoms. The van der Waals surface area contributed by atoms with Gasteiger partial charge in [-0.1, -0.05) is 225 Å². The van der Waals surface area contributed by atoms with Gasteiger partial charge in [0.05, 0.1) is 16.0 Å². The Labute approximate surface area is 709 Å². The standard InChI is InChI=1S/C93H82BN8O5S5.2BrH/c1-61(100-89(105)85(111-93(100)109)59-65-35-41-83-79(57-65)75-27-17-29-81(75)102(83)73-38-32-63(33-39-73)55-77(70-22-12-6-13-23-70)71-24-14-7-15-25-71)107-94(2)46-52-97-48-42-66(43-49-97)67-44-50-98(51-45-67)53-47-95-86(103)60-99-88(104)84(110-91(99)87-90(106)96(3)92(108)112-87)58-64-34-40-82-78(56-64)74-26-16-28-80(74)101(82)72-36-30-62(31-37-72)54-76(68-18-8-4-9-19-68)69-20-10-5-11-21-69;;/h4-15,18-25,30-45,48-51,54-59,61,74-75,80-81H,16-17,26-29,46-47,52-53,60H2,1-3H3;2*1H/q+1;;/p-1/b84-58+,85-59+,91-87+;;. The number of carbonyl (C=O) groups excluding carboxylic acids is 3. The van der Waals surface area contributed by atoms with Gasteiger partial charge in [-0.25, -0.2) is 9.13 Å². The Morgan fingerprint density at radius 2 is 1.02 bits per heavy atom. The highest BCUT2D eigenvalue weighted by molar-refractivity contribution is 8.30. The van der Waals surface area contributed by atoms with Crippen LogP contribution in [-0.4, -0.2) is 79.5 Å². The summed E-state index contributed by atoms with van der Waals surface area (Å²) >= 11 is 15.1. The van der Waals surface area contributed by atoms with Crippen molar-refractivity contribution in [1.29, 1.82) is 0 Å². The van der Waals surface area contributed by atoms with Crippen LogP contribution in [-0.2, 0) is 38.7 Å². The third kappa shape index (κ3) is 16.6. The Morgan fingerprint density at radius 3 is 1.48 bits per heavy atom. The molecule has 8 aromatic carbocycles. The number of hydrogen-bond acceptors (Lipinski definition) is 12. The Hall–Kier alpha value is -9.68. The number of nitrogens with one attached hydrogen (secondary N) is 1. The lowest BCUT2D eigenvalue weighted by molar-refractivity contribution is -0.694. The van der Waals surface area contributed by atoms with E-state index < -0.39 is 6.23 Å². The number of thioether (sulfide) groups is 2. The van der Waals surface area contributed by atoms with Crippen LogP contribution in [0.1, 0.15) is 113 Å². The quantitative estimate of drug-likeness (QED) is 0.0230. The second-order valence-electron chi connectivity index (χ2n) is 29.6. The van der Waals surface area contributed by atoms with Crippen molar-refractivity contribution in [3.8, 4) is 11.1 Å². The first-order chi connectivity index (χ1) is 54.7. The number of fused-ring (bicyclic) bond motifs is 6. The molecule has 1 N–H and O–H groups in total. The third-order valence-electron chi connectivity index (χ3n) is 22.5. The van der Waals surface area contributed by atoms with Gasteiger partial charge in [0.2, 0.25) is 5.91 Å². The van der Waals surface area contributed by atoms with Crippen molar-refractivity contribution >= 4 is 156 Å². The molecular formula is C93H83BBr2N8O5S5. The average Bonchev–Trinajstić information content (AvgIpc) is 1.59. The number of pyridine rings is 2. The number of aromatic nitrogens is 3. The average molecular weight is 1720 g/mol. The van der Waals surface area contributed by atoms with Crippen LogP contribution in [0.15, 0.2) is 265 Å². The molecular weight excluding hydrogens is 1640 g/mol. The van der Waals surface area contributed by atoms with Gasteiger partial charge in [0, 0.05) is 84.3 Å². The minimum absolute atomic E-state index is 0. The molecule has 2 aliphatic carbocycles. The number of thiocarbonyl (C=S) groups is 2. The van der Waals surface area contributed by atoms with E-state index in [1.54, 1.807) is 11.9 Å². The summed E-state index contributed by atoms with van der Waals surface area (Å²) in [5, 5.41) is 3.03. The number of benzene rings is 8. The van der Waals surface area contributed by atoms with E-state index in [4.69, 9.17) is 29.1 Å². The zero-order chi connectivity index (χ0) is 76.5. The fourth-order valence-electron chi connectivity index (χ4n) is 16.9. The topological polar surface area (TPSA) is 115 Å². The lowest BCUT2D eigenvalue weighted by Gasteiger charge is -2.27. The molecule has 0 spiro atoms. The highest BCUT2D eigenvalue weighted by atomic mass is 79.9. The smallest absolute Gasteiger partial charge is 0.298 e. The molecule has 2 saturated heterocycles. The summed E-state index contributed by atoms with van der Waals surface area (Å²) in [5.41, 5.74) is 20.4. The normalized spacial score (nSPS) is 18.5. The van der Waals surface area contributed by atoms with Crippen LogP contribution in [0.5, 0.6) is 0 Å². The van der Waals surface area contributed by atoms with E-state index in [-0.39, 0.29) is 70.7 Å². The van der Waals surface area contributed by atoms with Crippen LogP contribution < -0.4 is 73.0 Å². The first-order valence-corrected chi connectivity index (χ1v) is 41.8. The SMILES string of the molecule is CB(CC[n+]1ccc(-c2cc[n+](CCNC(=O)Cn3c(=O)/c(=C\c4ccc5c(c4)C4CCCC4N5c4ccc(C=C(c5ccccc5)c5ccccc5)cc4)s/c3=C3/SC(=S)N(C)C3=O)cc2)cc1)OC(C)N1C(=O)/C(=C\c2ccc3c(c2)C2CCCC2N3c2ccc(C=C(c3ccccc3)c3ccccc3)cc2)SC1=S.[Br-].[Br-]. The number of carbonyl (C=O) groups is 3. The van der Waals surface area contributed by atoms with E-state index in [0.29, 0.717) is 71.2 Å². The van der Waals surface area contributed by atoms with Crippen LogP contribution in [0.3, 0.4) is 0 Å². The van der Waals surface area contributed by atoms with Gasteiger partial charge in [-0.15, -0.1) is 11.3 Å². The molecule has 4 fully saturated rings. The molecule has 3 aromatic heterocycles. The lowest BCUT2D eigenvalue weighted by atomic mass is 9.67. The second-order valence-corrected chi connectivity index (χ2v) is 34.0. The fourth-order valence-corrected chi connectivity index (χ4v) is 20.8. The number of amides is 3. The maximum absolute atomic E-state index is 14.6. The van der Waals surface area contributed by atoms with Crippen LogP contribution >= 0.6 is 59.3 Å². The first kappa shape index (κ1) is 79.6. The molecule has 7 heterocycles. The highest BCUT2D eigenvalue weighted by Gasteiger charge is 2.44. The molecule has 2 saturated carbocycles. The molecule has 0 radical (unpaired) electrons. The van der Waals surface area contributed by atoms with Gasteiger partial charge >= 0.3 is 0 Å². The predicted octanol–water partition coefficient (Wildman–Crippen LogP) is 11.0. The van der Waals surface area contributed by atoms with E-state index in [9.17, 15) is 19.2 Å². The predicted molar refractivity (Wildman–Crippen MR) is 466 cm³/mol. The zero-order valence-corrected chi connectivity index (χ0v) is 70.5. The molecule has 572 valence electrons. The summed E-state index contributed by atoms with van der Waals surface area (Å²) in [6, 6.07) is 82.3. The second kappa shape index (κ2) is 35.2. The molecule has 5 unspecified atom stereocenters. The van der Waals surface area contributed by atoms with Crippen molar-refractivity contribution in [3.05, 3.63) is 335 Å². The van der Waals surface area contributed by atoms with Gasteiger partial charge in [0.25, 0.3) is 24.3 Å². The van der Waals surface area contributed by atoms with Crippen LogP contribution in [0.4, 0.5) is 22.7 Å². The van der Waals surface area contributed by atoms with Gasteiger partial charge < -0.3 is 53.7 Å². The lowest BCUT2D eigenvalue weighted by Crippen LogP contribution is -3.00. The highest BCUT2D eigenvalue weighted by Crippen LogP contribution is 2.54. The van der Waals surface area contributed by atoms with Gasteiger partial charge in [-0.3, -0.25) is 33.5 Å². The Balaban J connectivity index is 0.00000512. The summed E-state index contributed by atoms with van der Waals surface area (Å²) in [4.78, 5) is 65.3. The van der Waals surface area contributed by atoms with Crippen molar-refractivity contribution in [2.45, 2.75) is 108 Å². The Bertz CT molecular complexity index is 5680. The molecule has 0 bridgehead atoms. The van der Waals surface area contributed by atoms with Crippen molar-refractivity contribution < 1.29 is 62.1 Å². The first-order valence-electron chi connectivity index (χ1n) is 38.6. The number of anilines is 4. The molecule has 5 atom stereocenters. The Kier molecular flexibility index (Phi) is 24.6. The van der Waals surface area contributed by atoms with Crippen LogP contribution in [0.2, 0.25) is 13.1 Å². The van der Waals surface area contributed by atoms with E-state index in [2.05, 4.69) is 263 Å². The van der Waals surface area contributed by atoms with E-state index in [1.165, 1.54) is 101 Å². The summed E-state index contributed by atoms with van der Waals surface area (Å²) < 4.78 is 13.8.